The molecule has 2 N–H and O–H groups in total. The van der Waals surface area contributed by atoms with Gasteiger partial charge in [-0.25, -0.2) is 0 Å². The molecule has 0 saturated carbocycles. The predicted molar refractivity (Wildman–Crippen MR) is 128 cm³/mol. The molecule has 0 spiro atoms. The van der Waals surface area contributed by atoms with Gasteiger partial charge in [0.15, 0.2) is 5.17 Å². The first-order valence-electron chi connectivity index (χ1n) is 11.5. The van der Waals surface area contributed by atoms with Crippen LogP contribution in [0, 0.1) is 0 Å². The van der Waals surface area contributed by atoms with Crippen LogP contribution in [0.3, 0.4) is 0 Å². The first-order valence-corrected chi connectivity index (χ1v) is 12.4. The van der Waals surface area contributed by atoms with E-state index in [1.165, 1.54) is 30.2 Å². The number of hydrogen-bond acceptors (Lipinski definition) is 5. The summed E-state index contributed by atoms with van der Waals surface area (Å²) in [6.07, 6.45) is 10.3. The maximum atomic E-state index is 12.4. The molecule has 32 heavy (non-hydrogen) atoms. The number of rotatable bonds is 7. The van der Waals surface area contributed by atoms with Gasteiger partial charge in [0, 0.05) is 37.3 Å². The largest absolute Gasteiger partial charge is 0.352 e. The molecular weight excluding hydrogens is 424 g/mol. The topological polar surface area (TPSA) is 90.9 Å². The molecule has 0 radical (unpaired) electrons. The van der Waals surface area contributed by atoms with Crippen LogP contribution in [0.15, 0.2) is 40.9 Å². The number of amides is 3. The van der Waals surface area contributed by atoms with Crippen molar-refractivity contribution in [1.82, 2.24) is 10.2 Å². The Hall–Kier alpha value is -2.61. The van der Waals surface area contributed by atoms with E-state index in [9.17, 15) is 14.4 Å². The Labute approximate surface area is 193 Å². The molecule has 1 saturated heterocycles. The van der Waals surface area contributed by atoms with Gasteiger partial charge in [-0.1, -0.05) is 23.4 Å². The van der Waals surface area contributed by atoms with Crippen molar-refractivity contribution < 1.29 is 14.4 Å². The number of thioether (sulfide) groups is 1. The van der Waals surface area contributed by atoms with E-state index in [-0.39, 0.29) is 24.1 Å². The van der Waals surface area contributed by atoms with E-state index in [0.717, 1.165) is 50.4 Å². The number of carbonyl (C=O) groups excluding carboxylic acids is 3. The number of likely N-dealkylation sites (tertiary alicyclic amines) is 1. The average molecular weight is 455 g/mol. The lowest BCUT2D eigenvalue weighted by atomic mass is 9.97. The smallest absolute Gasteiger partial charge is 0.262 e. The van der Waals surface area contributed by atoms with Crippen molar-refractivity contribution in [3.8, 4) is 0 Å². The van der Waals surface area contributed by atoms with Crippen molar-refractivity contribution in [2.75, 3.05) is 25.0 Å². The predicted octanol–water partition coefficient (Wildman–Crippen LogP) is 3.73. The van der Waals surface area contributed by atoms with Gasteiger partial charge >= 0.3 is 0 Å². The highest BCUT2D eigenvalue weighted by atomic mass is 32.2. The van der Waals surface area contributed by atoms with Crippen molar-refractivity contribution in [3.63, 3.8) is 0 Å². The number of anilines is 1. The zero-order valence-electron chi connectivity index (χ0n) is 18.3. The first-order chi connectivity index (χ1) is 15.6. The van der Waals surface area contributed by atoms with Gasteiger partial charge in [0.2, 0.25) is 5.91 Å². The van der Waals surface area contributed by atoms with Gasteiger partial charge in [-0.15, -0.1) is 0 Å². The van der Waals surface area contributed by atoms with Crippen LogP contribution >= 0.6 is 11.8 Å². The molecule has 1 aromatic carbocycles. The zero-order valence-corrected chi connectivity index (χ0v) is 19.1. The van der Waals surface area contributed by atoms with Crippen LogP contribution in [0.25, 0.3) is 0 Å². The second-order valence-corrected chi connectivity index (χ2v) is 9.65. The molecular formula is C24H30N4O3S. The minimum atomic E-state index is -0.463. The molecule has 3 aliphatic rings. The number of allylic oxidation sites excluding steroid dienone is 1. The Bertz CT molecular complexity index is 920. The average Bonchev–Trinajstić information content (AvgIpc) is 3.45. The van der Waals surface area contributed by atoms with Crippen LogP contribution in [-0.4, -0.2) is 52.7 Å². The summed E-state index contributed by atoms with van der Waals surface area (Å²) in [4.78, 5) is 43.2. The fourth-order valence-corrected chi connectivity index (χ4v) is 5.33. The molecule has 2 aliphatic heterocycles. The molecule has 2 heterocycles. The second-order valence-electron chi connectivity index (χ2n) is 8.48. The molecule has 8 heteroatoms. The van der Waals surface area contributed by atoms with Crippen LogP contribution < -0.4 is 10.6 Å². The van der Waals surface area contributed by atoms with Crippen molar-refractivity contribution >= 4 is 40.3 Å². The highest BCUT2D eigenvalue weighted by Crippen LogP contribution is 2.29. The fraction of sp³-hybridized carbons (Fsp3) is 0.500. The highest BCUT2D eigenvalue weighted by molar-refractivity contribution is 8.15. The number of carbonyl (C=O) groups is 3. The Morgan fingerprint density at radius 2 is 1.88 bits per heavy atom. The number of amidine groups is 1. The Balaban J connectivity index is 1.21. The van der Waals surface area contributed by atoms with Crippen LogP contribution in [0.5, 0.6) is 0 Å². The normalized spacial score (nSPS) is 20.7. The Morgan fingerprint density at radius 1 is 1.09 bits per heavy atom. The van der Waals surface area contributed by atoms with Gasteiger partial charge < -0.3 is 15.5 Å². The molecule has 0 bridgehead atoms. The van der Waals surface area contributed by atoms with E-state index in [2.05, 4.69) is 26.6 Å². The lowest BCUT2D eigenvalue weighted by Gasteiger charge is -2.16. The Kier molecular flexibility index (Phi) is 7.63. The van der Waals surface area contributed by atoms with Crippen LogP contribution in [-0.2, 0) is 9.59 Å². The fourth-order valence-electron chi connectivity index (χ4n) is 4.21. The van der Waals surface area contributed by atoms with E-state index in [0.29, 0.717) is 17.8 Å². The van der Waals surface area contributed by atoms with Crippen molar-refractivity contribution in [1.29, 1.82) is 0 Å². The summed E-state index contributed by atoms with van der Waals surface area (Å²) < 4.78 is 0. The summed E-state index contributed by atoms with van der Waals surface area (Å²) in [6.45, 7) is 2.49. The molecule has 1 aliphatic carbocycles. The lowest BCUT2D eigenvalue weighted by Crippen LogP contribution is -2.25. The first kappa shape index (κ1) is 22.6. The summed E-state index contributed by atoms with van der Waals surface area (Å²) in [7, 11) is 0. The van der Waals surface area contributed by atoms with E-state index in [1.807, 2.05) is 0 Å². The van der Waals surface area contributed by atoms with Gasteiger partial charge in [0.05, 0.1) is 0 Å². The minimum Gasteiger partial charge on any atom is -0.352 e. The molecule has 0 unspecified atom stereocenters. The number of nitrogens with zero attached hydrogens (tertiary/aromatic N) is 2. The van der Waals surface area contributed by atoms with Crippen LogP contribution in [0.2, 0.25) is 0 Å². The third-order valence-electron chi connectivity index (χ3n) is 6.02. The van der Waals surface area contributed by atoms with Crippen molar-refractivity contribution in [3.05, 3.63) is 41.5 Å². The van der Waals surface area contributed by atoms with Crippen molar-refractivity contribution in [2.24, 2.45) is 4.99 Å². The lowest BCUT2D eigenvalue weighted by molar-refractivity contribution is -0.121. The Morgan fingerprint density at radius 3 is 2.59 bits per heavy atom. The number of hydrogen-bond donors (Lipinski definition) is 2. The SMILES string of the molecule is O=C(C[C@@H]1SC(N2CCCC2)=NC1=O)Nc1ccc(C(=O)NCCC2=CCCCC2)cc1. The summed E-state index contributed by atoms with van der Waals surface area (Å²) in [5, 5.41) is 6.07. The molecule has 1 atom stereocenters. The number of benzene rings is 1. The van der Waals surface area contributed by atoms with E-state index >= 15 is 0 Å². The summed E-state index contributed by atoms with van der Waals surface area (Å²) >= 11 is 1.39. The summed E-state index contributed by atoms with van der Waals surface area (Å²) in [5.74, 6) is -0.575. The van der Waals surface area contributed by atoms with Crippen LogP contribution in [0.4, 0.5) is 5.69 Å². The van der Waals surface area contributed by atoms with E-state index in [4.69, 9.17) is 0 Å². The molecule has 1 fully saturated rings. The molecule has 170 valence electrons. The maximum absolute atomic E-state index is 12.4. The van der Waals surface area contributed by atoms with Gasteiger partial charge in [-0.2, -0.15) is 4.99 Å². The standard InChI is InChI=1S/C24H30N4O3S/c29-21(16-20-23(31)27-24(32-20)28-14-4-5-15-28)26-19-10-8-18(9-11-19)22(30)25-13-12-17-6-2-1-3-7-17/h6,8-11,20H,1-5,7,12-16H2,(H,25,30)(H,26,29)/t20-/m0/s1. The molecule has 7 nitrogen and oxygen atoms in total. The van der Waals surface area contributed by atoms with Gasteiger partial charge in [0.25, 0.3) is 11.8 Å². The molecule has 3 amide bonds. The molecule has 1 aromatic rings. The van der Waals surface area contributed by atoms with Crippen molar-refractivity contribution in [2.45, 2.75) is 56.6 Å². The highest BCUT2D eigenvalue weighted by Gasteiger charge is 2.33. The number of nitrogens with one attached hydrogen (secondary N) is 2. The summed E-state index contributed by atoms with van der Waals surface area (Å²) in [5.41, 5.74) is 2.60. The third-order valence-corrected chi connectivity index (χ3v) is 7.24. The third kappa shape index (κ3) is 6.00. The van der Waals surface area contributed by atoms with E-state index < -0.39 is 5.25 Å². The van der Waals surface area contributed by atoms with Crippen LogP contribution in [0.1, 0.15) is 61.7 Å². The van der Waals surface area contributed by atoms with Gasteiger partial charge in [0.1, 0.15) is 5.25 Å². The second kappa shape index (κ2) is 10.8. The summed E-state index contributed by atoms with van der Waals surface area (Å²) in [6, 6.07) is 6.84. The number of aliphatic imine (C=N–C) groups is 1. The van der Waals surface area contributed by atoms with E-state index in [1.54, 1.807) is 24.3 Å². The van der Waals surface area contributed by atoms with Gasteiger partial charge in [-0.05, 0) is 69.2 Å². The monoisotopic (exact) mass is 454 g/mol. The molecule has 0 aromatic heterocycles. The minimum absolute atomic E-state index is 0.0857. The quantitative estimate of drug-likeness (QED) is 0.613. The molecule has 4 rings (SSSR count). The van der Waals surface area contributed by atoms with Gasteiger partial charge in [-0.3, -0.25) is 14.4 Å². The maximum Gasteiger partial charge on any atom is 0.262 e. The zero-order chi connectivity index (χ0) is 22.3.